The molecule has 0 N–H and O–H groups in total. The molecule has 1 unspecified atom stereocenters. The van der Waals surface area contributed by atoms with Crippen LogP contribution in [0, 0.1) is 19.3 Å². The highest BCUT2D eigenvalue weighted by Gasteiger charge is 2.38. The van der Waals surface area contributed by atoms with Crippen LogP contribution in [0.2, 0.25) is 0 Å². The van der Waals surface area contributed by atoms with Gasteiger partial charge in [-0.3, -0.25) is 0 Å². The van der Waals surface area contributed by atoms with Gasteiger partial charge < -0.3 is 0 Å². The summed E-state index contributed by atoms with van der Waals surface area (Å²) in [6.45, 7) is 1.57. The molecule has 1 aromatic carbocycles. The fourth-order valence-corrected chi connectivity index (χ4v) is 6.10. The van der Waals surface area contributed by atoms with Crippen molar-refractivity contribution in [1.29, 1.82) is 0 Å². The maximum atomic E-state index is 12.8. The summed E-state index contributed by atoms with van der Waals surface area (Å²) in [4.78, 5) is 0.171. The number of sulfone groups is 1. The van der Waals surface area contributed by atoms with Crippen molar-refractivity contribution in [1.82, 2.24) is 4.31 Å². The zero-order valence-electron chi connectivity index (χ0n) is 11.7. The molecule has 0 aromatic heterocycles. The number of hydrogen-bond donors (Lipinski definition) is 0. The van der Waals surface area contributed by atoms with Crippen molar-refractivity contribution in [3.05, 3.63) is 29.8 Å². The fourth-order valence-electron chi connectivity index (χ4n) is 2.47. The summed E-state index contributed by atoms with van der Waals surface area (Å²) in [5.41, 5.74) is 0.611. The molecule has 0 radical (unpaired) electrons. The van der Waals surface area contributed by atoms with Crippen LogP contribution in [0.4, 0.5) is 0 Å². The lowest BCUT2D eigenvalue weighted by Crippen LogP contribution is -2.41. The van der Waals surface area contributed by atoms with Gasteiger partial charge in [0.05, 0.1) is 22.9 Å². The molecule has 1 aliphatic heterocycles. The zero-order valence-corrected chi connectivity index (χ0v) is 13.3. The maximum absolute atomic E-state index is 12.8. The molecule has 0 amide bonds. The van der Waals surface area contributed by atoms with Crippen molar-refractivity contribution in [2.45, 2.75) is 24.3 Å². The van der Waals surface area contributed by atoms with Crippen LogP contribution in [0.5, 0.6) is 0 Å². The minimum absolute atomic E-state index is 0.00201. The quantitative estimate of drug-likeness (QED) is 0.767. The second-order valence-electron chi connectivity index (χ2n) is 5.08. The Morgan fingerprint density at radius 3 is 2.57 bits per heavy atom. The van der Waals surface area contributed by atoms with Gasteiger partial charge in [0.25, 0.3) is 0 Å². The van der Waals surface area contributed by atoms with Gasteiger partial charge in [-0.25, -0.2) is 16.8 Å². The monoisotopic (exact) mass is 327 g/mol. The van der Waals surface area contributed by atoms with Gasteiger partial charge in [-0.2, -0.15) is 4.31 Å². The Morgan fingerprint density at radius 1 is 1.38 bits per heavy atom. The van der Waals surface area contributed by atoms with Crippen molar-refractivity contribution >= 4 is 19.9 Å². The fraction of sp³-hybridized carbons (Fsp3) is 0.429. The Labute approximate surface area is 125 Å². The highest BCUT2D eigenvalue weighted by molar-refractivity contribution is 7.92. The van der Waals surface area contributed by atoms with E-state index in [1.54, 1.807) is 25.1 Å². The first-order chi connectivity index (χ1) is 9.78. The lowest BCUT2D eigenvalue weighted by molar-refractivity contribution is 0.371. The van der Waals surface area contributed by atoms with Gasteiger partial charge in [0, 0.05) is 6.04 Å². The van der Waals surface area contributed by atoms with Crippen LogP contribution in [-0.4, -0.2) is 45.2 Å². The molecule has 21 heavy (non-hydrogen) atoms. The SMILES string of the molecule is C#CCN(C1CCS(=O)(=O)C1)S(=O)(=O)c1ccccc1C. The van der Waals surface area contributed by atoms with E-state index in [4.69, 9.17) is 6.42 Å². The van der Waals surface area contributed by atoms with E-state index in [0.717, 1.165) is 4.31 Å². The average Bonchev–Trinajstić information content (AvgIpc) is 2.76. The molecule has 1 aliphatic rings. The third kappa shape index (κ3) is 3.28. The van der Waals surface area contributed by atoms with E-state index in [9.17, 15) is 16.8 Å². The van der Waals surface area contributed by atoms with Gasteiger partial charge in [-0.1, -0.05) is 24.1 Å². The first-order valence-corrected chi connectivity index (χ1v) is 9.75. The molecular formula is C14H17NO4S2. The summed E-state index contributed by atoms with van der Waals surface area (Å²) < 4.78 is 49.9. The standard InChI is InChI=1S/C14H17NO4S2/c1-3-9-15(13-8-10-20(16,17)11-13)21(18,19)14-7-5-4-6-12(14)2/h1,4-7,13H,8-11H2,2H3. The largest absolute Gasteiger partial charge is 0.244 e. The Morgan fingerprint density at radius 2 is 2.05 bits per heavy atom. The average molecular weight is 327 g/mol. The van der Waals surface area contributed by atoms with Gasteiger partial charge in [-0.05, 0) is 25.0 Å². The molecule has 0 aliphatic carbocycles. The maximum Gasteiger partial charge on any atom is 0.244 e. The van der Waals surface area contributed by atoms with Gasteiger partial charge >= 0.3 is 0 Å². The molecule has 1 saturated heterocycles. The molecule has 1 heterocycles. The third-order valence-corrected chi connectivity index (χ3v) is 7.35. The van der Waals surface area contributed by atoms with Crippen LogP contribution in [0.15, 0.2) is 29.2 Å². The van der Waals surface area contributed by atoms with Crippen molar-refractivity contribution in [2.75, 3.05) is 18.1 Å². The normalized spacial score (nSPS) is 21.3. The van der Waals surface area contributed by atoms with Crippen LogP contribution in [0.1, 0.15) is 12.0 Å². The summed E-state index contributed by atoms with van der Waals surface area (Å²) in [5.74, 6) is 2.15. The summed E-state index contributed by atoms with van der Waals surface area (Å²) in [7, 11) is -6.99. The van der Waals surface area contributed by atoms with Crippen LogP contribution in [-0.2, 0) is 19.9 Å². The Hall–Kier alpha value is -1.36. The van der Waals surface area contributed by atoms with Crippen molar-refractivity contribution in [2.24, 2.45) is 0 Å². The Bertz CT molecular complexity index is 775. The summed E-state index contributed by atoms with van der Waals surface area (Å²) in [6.07, 6.45) is 5.56. The van der Waals surface area contributed by atoms with E-state index < -0.39 is 25.9 Å². The van der Waals surface area contributed by atoms with E-state index >= 15 is 0 Å². The van der Waals surface area contributed by atoms with Crippen LogP contribution in [0.3, 0.4) is 0 Å². The summed E-state index contributed by atoms with van der Waals surface area (Å²) >= 11 is 0. The van der Waals surface area contributed by atoms with E-state index in [2.05, 4.69) is 5.92 Å². The van der Waals surface area contributed by atoms with E-state index in [1.165, 1.54) is 6.07 Å². The highest BCUT2D eigenvalue weighted by atomic mass is 32.2. The lowest BCUT2D eigenvalue weighted by Gasteiger charge is -2.26. The number of sulfonamides is 1. The number of aryl methyl sites for hydroxylation is 1. The Balaban J connectivity index is 2.43. The van der Waals surface area contributed by atoms with Crippen LogP contribution in [0.25, 0.3) is 0 Å². The molecule has 2 rings (SSSR count). The van der Waals surface area contributed by atoms with Gasteiger partial charge in [0.1, 0.15) is 0 Å². The van der Waals surface area contributed by atoms with E-state index in [0.29, 0.717) is 5.56 Å². The first kappa shape index (κ1) is 16.0. The molecule has 1 fully saturated rings. The van der Waals surface area contributed by atoms with Crippen molar-refractivity contribution < 1.29 is 16.8 Å². The first-order valence-electron chi connectivity index (χ1n) is 6.49. The topological polar surface area (TPSA) is 71.5 Å². The van der Waals surface area contributed by atoms with Crippen LogP contribution < -0.4 is 0 Å². The molecule has 1 aromatic rings. The van der Waals surface area contributed by atoms with Gasteiger partial charge in [-0.15, -0.1) is 6.42 Å². The molecule has 0 saturated carbocycles. The zero-order chi connectivity index (χ0) is 15.7. The van der Waals surface area contributed by atoms with Gasteiger partial charge in [0.15, 0.2) is 9.84 Å². The second kappa shape index (κ2) is 5.79. The number of benzene rings is 1. The van der Waals surface area contributed by atoms with Crippen LogP contribution >= 0.6 is 0 Å². The van der Waals surface area contributed by atoms with E-state index in [1.807, 2.05) is 0 Å². The minimum Gasteiger partial charge on any atom is -0.229 e. The molecule has 5 nitrogen and oxygen atoms in total. The van der Waals surface area contributed by atoms with E-state index in [-0.39, 0.29) is 29.4 Å². The number of rotatable bonds is 4. The minimum atomic E-state index is -3.80. The molecule has 1 atom stereocenters. The highest BCUT2D eigenvalue weighted by Crippen LogP contribution is 2.26. The lowest BCUT2D eigenvalue weighted by atomic mass is 10.2. The van der Waals surface area contributed by atoms with Crippen molar-refractivity contribution in [3.63, 3.8) is 0 Å². The summed E-state index contributed by atoms with van der Waals surface area (Å²) in [6, 6.07) is 6.01. The predicted octanol–water partition coefficient (Wildman–Crippen LogP) is 0.806. The predicted molar refractivity (Wildman–Crippen MR) is 81.0 cm³/mol. The molecule has 114 valence electrons. The third-order valence-electron chi connectivity index (χ3n) is 3.54. The Kier molecular flexibility index (Phi) is 4.42. The molecular weight excluding hydrogens is 310 g/mol. The number of hydrogen-bond acceptors (Lipinski definition) is 4. The smallest absolute Gasteiger partial charge is 0.229 e. The molecule has 7 heteroatoms. The summed E-state index contributed by atoms with van der Waals surface area (Å²) in [5, 5.41) is 0. The van der Waals surface area contributed by atoms with Gasteiger partial charge in [0.2, 0.25) is 10.0 Å². The second-order valence-corrected chi connectivity index (χ2v) is 9.16. The van der Waals surface area contributed by atoms with Crippen molar-refractivity contribution in [3.8, 4) is 12.3 Å². The molecule has 0 bridgehead atoms. The number of nitrogens with zero attached hydrogens (tertiary/aromatic N) is 1. The number of terminal acetylenes is 1. The molecule has 0 spiro atoms.